The van der Waals surface area contributed by atoms with Gasteiger partial charge >= 0.3 is 0 Å². The fourth-order valence-corrected chi connectivity index (χ4v) is 4.83. The van der Waals surface area contributed by atoms with Crippen LogP contribution in [0, 0.1) is 0 Å². The Labute approximate surface area is 227 Å². The number of nitrogens with one attached hydrogen (secondary N) is 1. The van der Waals surface area contributed by atoms with Gasteiger partial charge in [0, 0.05) is 49.4 Å². The van der Waals surface area contributed by atoms with E-state index in [-0.39, 0.29) is 11.6 Å². The summed E-state index contributed by atoms with van der Waals surface area (Å²) in [5.74, 6) is 0. The summed E-state index contributed by atoms with van der Waals surface area (Å²) in [4.78, 5) is 17.8. The largest absolute Gasteiger partial charge is 0.318 e. The van der Waals surface area contributed by atoms with Crippen LogP contribution in [0.25, 0.3) is 39.0 Å². The van der Waals surface area contributed by atoms with E-state index >= 15 is 0 Å². The van der Waals surface area contributed by atoms with Crippen molar-refractivity contribution in [2.24, 2.45) is 7.05 Å². The quantitative estimate of drug-likeness (QED) is 0.273. The lowest BCUT2D eigenvalue weighted by atomic mass is 9.97. The number of hydrogen-bond acceptors (Lipinski definition) is 4. The van der Waals surface area contributed by atoms with Crippen LogP contribution < -0.4 is 10.9 Å². The molecule has 192 valence electrons. The number of hydrogen-bond donors (Lipinski definition) is 1. The van der Waals surface area contributed by atoms with Crippen molar-refractivity contribution in [3.63, 3.8) is 0 Å². The molecule has 1 N–H and O–H groups in total. The standard InChI is InChI=1S/C33H29N5O/c1-23(25-13-15-28(16-14-25)38-19-6-18-35-38)34-22-24-9-11-27(12-10-24)32-29(26-7-4-3-5-8-26)21-30-31(36-32)17-20-37(2)33(30)39/h3-21,23,34H,22H2,1-2H3. The molecule has 1 atom stereocenters. The van der Waals surface area contributed by atoms with Gasteiger partial charge in [-0.15, -0.1) is 0 Å². The van der Waals surface area contributed by atoms with Crippen LogP contribution in [0.4, 0.5) is 0 Å². The van der Waals surface area contributed by atoms with E-state index in [1.807, 2.05) is 47.3 Å². The molecule has 0 spiro atoms. The molecule has 6 nitrogen and oxygen atoms in total. The van der Waals surface area contributed by atoms with Gasteiger partial charge in [0.05, 0.1) is 22.3 Å². The Kier molecular flexibility index (Phi) is 6.61. The van der Waals surface area contributed by atoms with Crippen molar-refractivity contribution in [2.45, 2.75) is 19.5 Å². The summed E-state index contributed by atoms with van der Waals surface area (Å²) in [7, 11) is 1.77. The molecular formula is C33H29N5O. The Morgan fingerprint density at radius 1 is 0.846 bits per heavy atom. The number of nitrogens with zero attached hydrogens (tertiary/aromatic N) is 4. The van der Waals surface area contributed by atoms with E-state index in [0.29, 0.717) is 10.9 Å². The van der Waals surface area contributed by atoms with Gasteiger partial charge in [0.2, 0.25) is 0 Å². The number of benzene rings is 3. The Morgan fingerprint density at radius 2 is 1.62 bits per heavy atom. The number of fused-ring (bicyclic) bond motifs is 1. The third-order valence-corrected chi connectivity index (χ3v) is 7.15. The van der Waals surface area contributed by atoms with Crippen molar-refractivity contribution in [2.75, 3.05) is 0 Å². The molecule has 0 fully saturated rings. The molecular weight excluding hydrogens is 482 g/mol. The second kappa shape index (κ2) is 10.5. The summed E-state index contributed by atoms with van der Waals surface area (Å²) in [5, 5.41) is 8.54. The van der Waals surface area contributed by atoms with Crippen LogP contribution in [0.5, 0.6) is 0 Å². The van der Waals surface area contributed by atoms with Gasteiger partial charge in [-0.1, -0.05) is 66.7 Å². The van der Waals surface area contributed by atoms with E-state index in [9.17, 15) is 4.79 Å². The molecule has 0 radical (unpaired) electrons. The summed E-state index contributed by atoms with van der Waals surface area (Å²) >= 11 is 0. The molecule has 0 bridgehead atoms. The monoisotopic (exact) mass is 511 g/mol. The second-order valence-corrected chi connectivity index (χ2v) is 9.76. The van der Waals surface area contributed by atoms with Crippen molar-refractivity contribution < 1.29 is 0 Å². The van der Waals surface area contributed by atoms with E-state index in [1.165, 1.54) is 11.1 Å². The number of pyridine rings is 2. The lowest BCUT2D eigenvalue weighted by molar-refractivity contribution is 0.574. The van der Waals surface area contributed by atoms with E-state index in [4.69, 9.17) is 4.98 Å². The highest BCUT2D eigenvalue weighted by Crippen LogP contribution is 2.32. The Morgan fingerprint density at radius 3 is 2.33 bits per heavy atom. The van der Waals surface area contributed by atoms with Gasteiger partial charge in [-0.05, 0) is 53.9 Å². The Bertz CT molecular complexity index is 1770. The number of aromatic nitrogens is 4. The van der Waals surface area contributed by atoms with Crippen LogP contribution in [0.2, 0.25) is 0 Å². The maximum absolute atomic E-state index is 12.8. The minimum absolute atomic E-state index is 0.0460. The van der Waals surface area contributed by atoms with Gasteiger partial charge in [-0.25, -0.2) is 9.67 Å². The highest BCUT2D eigenvalue weighted by atomic mass is 16.1. The third-order valence-electron chi connectivity index (χ3n) is 7.15. The van der Waals surface area contributed by atoms with Gasteiger partial charge in [-0.2, -0.15) is 5.10 Å². The van der Waals surface area contributed by atoms with Crippen LogP contribution in [-0.4, -0.2) is 19.3 Å². The highest BCUT2D eigenvalue weighted by Gasteiger charge is 2.14. The van der Waals surface area contributed by atoms with Gasteiger partial charge in [0.15, 0.2) is 0 Å². The third kappa shape index (κ3) is 5.02. The Balaban J connectivity index is 1.24. The average molecular weight is 512 g/mol. The summed E-state index contributed by atoms with van der Waals surface area (Å²) in [6.07, 6.45) is 5.49. The van der Waals surface area contributed by atoms with E-state index < -0.39 is 0 Å². The predicted octanol–water partition coefficient (Wildman–Crippen LogP) is 6.30. The maximum atomic E-state index is 12.8. The maximum Gasteiger partial charge on any atom is 0.259 e. The van der Waals surface area contributed by atoms with Gasteiger partial charge in [0.1, 0.15) is 0 Å². The van der Waals surface area contributed by atoms with Crippen molar-refractivity contribution in [3.05, 3.63) is 137 Å². The molecule has 0 aliphatic rings. The molecule has 1 unspecified atom stereocenters. The Hall–Kier alpha value is -4.81. The van der Waals surface area contributed by atoms with Gasteiger partial charge < -0.3 is 9.88 Å². The normalized spacial score (nSPS) is 12.1. The van der Waals surface area contributed by atoms with Gasteiger partial charge in [0.25, 0.3) is 5.56 Å². The second-order valence-electron chi connectivity index (χ2n) is 9.76. The fourth-order valence-electron chi connectivity index (χ4n) is 4.83. The molecule has 0 aliphatic heterocycles. The minimum Gasteiger partial charge on any atom is -0.318 e. The van der Waals surface area contributed by atoms with E-state index in [1.54, 1.807) is 24.0 Å². The predicted molar refractivity (Wildman–Crippen MR) is 157 cm³/mol. The zero-order chi connectivity index (χ0) is 26.8. The summed E-state index contributed by atoms with van der Waals surface area (Å²) in [5.41, 5.74) is 7.98. The first kappa shape index (κ1) is 24.5. The zero-order valence-electron chi connectivity index (χ0n) is 22.0. The SMILES string of the molecule is CC(NCc1ccc(-c2nc3ccn(C)c(=O)c3cc2-c2ccccc2)cc1)c1ccc(-n2cccn2)cc1. The smallest absolute Gasteiger partial charge is 0.259 e. The van der Waals surface area contributed by atoms with Crippen LogP contribution in [0.3, 0.4) is 0 Å². The minimum atomic E-state index is -0.0460. The highest BCUT2D eigenvalue weighted by molar-refractivity contribution is 5.91. The number of rotatable bonds is 7. The molecule has 3 aromatic carbocycles. The van der Waals surface area contributed by atoms with Gasteiger partial charge in [-0.3, -0.25) is 4.79 Å². The van der Waals surface area contributed by atoms with Crippen molar-refractivity contribution in [3.8, 4) is 28.1 Å². The lowest BCUT2D eigenvalue weighted by Gasteiger charge is -2.16. The van der Waals surface area contributed by atoms with Crippen molar-refractivity contribution >= 4 is 10.9 Å². The summed E-state index contributed by atoms with van der Waals surface area (Å²) in [6, 6.07) is 33.1. The molecule has 0 saturated carbocycles. The van der Waals surface area contributed by atoms with Crippen LogP contribution in [-0.2, 0) is 13.6 Å². The average Bonchev–Trinajstić information content (AvgIpc) is 3.53. The van der Waals surface area contributed by atoms with Crippen LogP contribution in [0.15, 0.2) is 120 Å². The fraction of sp³-hybridized carbons (Fsp3) is 0.121. The summed E-state index contributed by atoms with van der Waals surface area (Å²) < 4.78 is 3.45. The number of aryl methyl sites for hydroxylation is 1. The molecule has 0 aliphatic carbocycles. The molecule has 0 saturated heterocycles. The first-order valence-corrected chi connectivity index (χ1v) is 13.1. The lowest BCUT2D eigenvalue weighted by Crippen LogP contribution is -2.18. The molecule has 39 heavy (non-hydrogen) atoms. The van der Waals surface area contributed by atoms with Crippen LogP contribution in [0.1, 0.15) is 24.1 Å². The zero-order valence-corrected chi connectivity index (χ0v) is 22.0. The summed E-state index contributed by atoms with van der Waals surface area (Å²) in [6.45, 7) is 2.92. The molecule has 3 aromatic heterocycles. The molecule has 3 heterocycles. The topological polar surface area (TPSA) is 64.7 Å². The first-order chi connectivity index (χ1) is 19.1. The molecule has 6 aromatic rings. The molecule has 6 heteroatoms. The van der Waals surface area contributed by atoms with Crippen LogP contribution >= 0.6 is 0 Å². The van der Waals surface area contributed by atoms with Crippen molar-refractivity contribution in [1.82, 2.24) is 24.6 Å². The van der Waals surface area contributed by atoms with Crippen molar-refractivity contribution in [1.29, 1.82) is 0 Å². The van der Waals surface area contributed by atoms with E-state index in [0.717, 1.165) is 34.6 Å². The molecule has 0 amide bonds. The first-order valence-electron chi connectivity index (χ1n) is 13.1. The van der Waals surface area contributed by atoms with E-state index in [2.05, 4.69) is 78.0 Å². The molecule has 6 rings (SSSR count).